The number of amides is 1. The summed E-state index contributed by atoms with van der Waals surface area (Å²) < 4.78 is 13.6. The van der Waals surface area contributed by atoms with E-state index in [4.69, 9.17) is 11.6 Å². The van der Waals surface area contributed by atoms with Crippen molar-refractivity contribution in [3.05, 3.63) is 70.5 Å². The summed E-state index contributed by atoms with van der Waals surface area (Å²) >= 11 is 8.57. The topological polar surface area (TPSA) is 54.9 Å². The van der Waals surface area contributed by atoms with Crippen LogP contribution in [0.1, 0.15) is 15.9 Å². The Morgan fingerprint density at radius 3 is 2.54 bits per heavy atom. The van der Waals surface area contributed by atoms with Gasteiger partial charge in [-0.3, -0.25) is 10.1 Å². The van der Waals surface area contributed by atoms with Crippen LogP contribution in [0.4, 0.5) is 9.52 Å². The van der Waals surface area contributed by atoms with Crippen LogP contribution in [0.5, 0.6) is 0 Å². The van der Waals surface area contributed by atoms with Crippen LogP contribution in [0.3, 0.4) is 0 Å². The number of thioether (sulfide) groups is 1. The lowest BCUT2D eigenvalue weighted by atomic mass is 10.2. The number of rotatable bonds is 5. The zero-order chi connectivity index (χ0) is 16.9. The highest BCUT2D eigenvalue weighted by Gasteiger charge is 2.10. The van der Waals surface area contributed by atoms with Crippen molar-refractivity contribution in [2.45, 2.75) is 10.1 Å². The van der Waals surface area contributed by atoms with Gasteiger partial charge in [0, 0.05) is 16.3 Å². The highest BCUT2D eigenvalue weighted by atomic mass is 35.5. The average molecular weight is 380 g/mol. The fraction of sp³-hybridized carbons (Fsp3) is 0.0625. The van der Waals surface area contributed by atoms with Gasteiger partial charge in [-0.1, -0.05) is 46.8 Å². The summed E-state index contributed by atoms with van der Waals surface area (Å²) in [6.45, 7) is 0. The fourth-order valence-corrected chi connectivity index (χ4v) is 3.64. The first-order valence-corrected chi connectivity index (χ1v) is 9.06. The van der Waals surface area contributed by atoms with Crippen LogP contribution >= 0.6 is 34.7 Å². The Kier molecular flexibility index (Phi) is 5.44. The van der Waals surface area contributed by atoms with Crippen molar-refractivity contribution < 1.29 is 9.18 Å². The third-order valence-corrected chi connectivity index (χ3v) is 5.30. The summed E-state index contributed by atoms with van der Waals surface area (Å²) in [6.07, 6.45) is 0. The number of nitrogens with one attached hydrogen (secondary N) is 1. The molecule has 0 aliphatic rings. The van der Waals surface area contributed by atoms with Gasteiger partial charge in [0.15, 0.2) is 4.34 Å². The number of hydrogen-bond donors (Lipinski definition) is 1. The second-order valence-corrected chi connectivity index (χ2v) is 7.39. The zero-order valence-corrected chi connectivity index (χ0v) is 14.6. The van der Waals surface area contributed by atoms with Gasteiger partial charge in [0.1, 0.15) is 5.82 Å². The fourth-order valence-electron chi connectivity index (χ4n) is 1.81. The van der Waals surface area contributed by atoms with E-state index in [2.05, 4.69) is 15.5 Å². The van der Waals surface area contributed by atoms with Gasteiger partial charge < -0.3 is 0 Å². The number of nitrogens with zero attached hydrogens (tertiary/aromatic N) is 2. The molecule has 122 valence electrons. The lowest BCUT2D eigenvalue weighted by Gasteiger charge is -2.00. The molecular weight excluding hydrogens is 369 g/mol. The lowest BCUT2D eigenvalue weighted by Crippen LogP contribution is -2.11. The van der Waals surface area contributed by atoms with Gasteiger partial charge in [0.2, 0.25) is 5.13 Å². The van der Waals surface area contributed by atoms with E-state index in [9.17, 15) is 9.18 Å². The minimum Gasteiger partial charge on any atom is -0.296 e. The summed E-state index contributed by atoms with van der Waals surface area (Å²) in [5.41, 5.74) is 1.48. The molecule has 3 aromatic rings. The number of anilines is 1. The van der Waals surface area contributed by atoms with E-state index in [1.807, 2.05) is 0 Å². The van der Waals surface area contributed by atoms with Crippen molar-refractivity contribution in [3.8, 4) is 0 Å². The molecule has 1 heterocycles. The first-order chi connectivity index (χ1) is 11.6. The molecule has 0 saturated carbocycles. The quantitative estimate of drug-likeness (QED) is 0.507. The van der Waals surface area contributed by atoms with Crippen molar-refractivity contribution in [2.24, 2.45) is 0 Å². The molecule has 1 aromatic heterocycles. The predicted octanol–water partition coefficient (Wildman–Crippen LogP) is 4.88. The molecule has 1 amide bonds. The standard InChI is InChI=1S/C16H11ClFN3OS2/c17-12-5-3-11(4-6-12)14(22)19-15-20-21-16(24-15)23-9-10-1-7-13(18)8-2-10/h1-8H,9H2,(H,19,20,22). The molecule has 0 bridgehead atoms. The maximum absolute atomic E-state index is 12.9. The van der Waals surface area contributed by atoms with E-state index in [0.29, 0.717) is 21.5 Å². The molecule has 1 N–H and O–H groups in total. The molecule has 0 spiro atoms. The van der Waals surface area contributed by atoms with E-state index in [1.54, 1.807) is 36.4 Å². The van der Waals surface area contributed by atoms with E-state index >= 15 is 0 Å². The second-order valence-electron chi connectivity index (χ2n) is 4.75. The number of halogens is 2. The zero-order valence-electron chi connectivity index (χ0n) is 12.2. The molecule has 3 rings (SSSR count). The van der Waals surface area contributed by atoms with Crippen LogP contribution < -0.4 is 5.32 Å². The average Bonchev–Trinajstić information content (AvgIpc) is 3.02. The van der Waals surface area contributed by atoms with Crippen LogP contribution in [0, 0.1) is 5.82 Å². The van der Waals surface area contributed by atoms with Crippen molar-refractivity contribution in [2.75, 3.05) is 5.32 Å². The molecule has 0 aliphatic carbocycles. The first-order valence-electron chi connectivity index (χ1n) is 6.88. The van der Waals surface area contributed by atoms with Crippen LogP contribution in [-0.4, -0.2) is 16.1 Å². The number of benzene rings is 2. The van der Waals surface area contributed by atoms with Crippen molar-refractivity contribution in [3.63, 3.8) is 0 Å². The lowest BCUT2D eigenvalue weighted by molar-refractivity contribution is 0.102. The molecule has 8 heteroatoms. The van der Waals surface area contributed by atoms with Crippen LogP contribution in [0.25, 0.3) is 0 Å². The second kappa shape index (κ2) is 7.74. The van der Waals surface area contributed by atoms with Gasteiger partial charge in [0.05, 0.1) is 0 Å². The van der Waals surface area contributed by atoms with E-state index in [1.165, 1.54) is 35.2 Å². The Morgan fingerprint density at radius 1 is 1.12 bits per heavy atom. The first kappa shape index (κ1) is 16.9. The normalized spacial score (nSPS) is 10.6. The molecule has 0 aliphatic heterocycles. The number of carbonyl (C=O) groups excluding carboxylic acids is 1. The molecule has 24 heavy (non-hydrogen) atoms. The van der Waals surface area contributed by atoms with Gasteiger partial charge >= 0.3 is 0 Å². The maximum atomic E-state index is 12.9. The molecule has 2 aromatic carbocycles. The SMILES string of the molecule is O=C(Nc1nnc(SCc2ccc(F)cc2)s1)c1ccc(Cl)cc1. The minimum atomic E-state index is -0.266. The van der Waals surface area contributed by atoms with Crippen LogP contribution in [-0.2, 0) is 5.75 Å². The predicted molar refractivity (Wildman–Crippen MR) is 95.3 cm³/mol. The maximum Gasteiger partial charge on any atom is 0.257 e. The largest absolute Gasteiger partial charge is 0.296 e. The number of hydrogen-bond acceptors (Lipinski definition) is 5. The van der Waals surface area contributed by atoms with Gasteiger partial charge in [-0.15, -0.1) is 10.2 Å². The van der Waals surface area contributed by atoms with Gasteiger partial charge in [-0.25, -0.2) is 4.39 Å². The van der Waals surface area contributed by atoms with Gasteiger partial charge in [0.25, 0.3) is 5.91 Å². The molecule has 0 fully saturated rings. The van der Waals surface area contributed by atoms with E-state index in [0.717, 1.165) is 9.90 Å². The third kappa shape index (κ3) is 4.53. The Balaban J connectivity index is 1.58. The van der Waals surface area contributed by atoms with Crippen LogP contribution in [0.2, 0.25) is 5.02 Å². The third-order valence-electron chi connectivity index (χ3n) is 3.01. The summed E-state index contributed by atoms with van der Waals surface area (Å²) in [4.78, 5) is 12.1. The van der Waals surface area contributed by atoms with Crippen molar-refractivity contribution in [1.29, 1.82) is 0 Å². The Hall–Kier alpha value is -1.96. The van der Waals surface area contributed by atoms with Crippen LogP contribution in [0.15, 0.2) is 52.9 Å². The molecular formula is C16H11ClFN3OS2. The summed E-state index contributed by atoms with van der Waals surface area (Å²) in [5, 5.41) is 11.7. The summed E-state index contributed by atoms with van der Waals surface area (Å²) in [5.74, 6) is 0.129. The molecule has 0 radical (unpaired) electrons. The molecule has 0 unspecified atom stereocenters. The highest BCUT2D eigenvalue weighted by molar-refractivity contribution is 8.00. The summed E-state index contributed by atoms with van der Waals surface area (Å²) in [6, 6.07) is 12.9. The monoisotopic (exact) mass is 379 g/mol. The highest BCUT2D eigenvalue weighted by Crippen LogP contribution is 2.28. The Labute approximate surface area is 151 Å². The molecule has 0 saturated heterocycles. The Morgan fingerprint density at radius 2 is 1.83 bits per heavy atom. The molecule has 4 nitrogen and oxygen atoms in total. The van der Waals surface area contributed by atoms with Gasteiger partial charge in [-0.05, 0) is 42.0 Å². The van der Waals surface area contributed by atoms with Crippen molar-refractivity contribution in [1.82, 2.24) is 10.2 Å². The van der Waals surface area contributed by atoms with Gasteiger partial charge in [-0.2, -0.15) is 0 Å². The van der Waals surface area contributed by atoms with E-state index < -0.39 is 0 Å². The number of aromatic nitrogens is 2. The smallest absolute Gasteiger partial charge is 0.257 e. The molecule has 0 atom stereocenters. The Bertz CT molecular complexity index is 837. The van der Waals surface area contributed by atoms with E-state index in [-0.39, 0.29) is 11.7 Å². The van der Waals surface area contributed by atoms with Crippen molar-refractivity contribution >= 4 is 45.7 Å². The summed E-state index contributed by atoms with van der Waals surface area (Å²) in [7, 11) is 0. The minimum absolute atomic E-state index is 0.258. The number of carbonyl (C=O) groups is 1.